The lowest BCUT2D eigenvalue weighted by atomic mass is 9.90. The summed E-state index contributed by atoms with van der Waals surface area (Å²) in [7, 11) is 0. The first-order chi connectivity index (χ1) is 13.0. The van der Waals surface area contributed by atoms with Crippen molar-refractivity contribution in [3.8, 4) is 11.4 Å². The van der Waals surface area contributed by atoms with Crippen molar-refractivity contribution >= 4 is 5.91 Å². The Morgan fingerprint density at radius 1 is 1.44 bits per heavy atom. The number of piperidine rings is 1. The van der Waals surface area contributed by atoms with Crippen molar-refractivity contribution in [1.82, 2.24) is 19.9 Å². The van der Waals surface area contributed by atoms with Gasteiger partial charge in [-0.25, -0.2) is 4.98 Å². The van der Waals surface area contributed by atoms with Gasteiger partial charge in [-0.2, -0.15) is 0 Å². The van der Waals surface area contributed by atoms with Crippen LogP contribution in [0.1, 0.15) is 37.4 Å². The van der Waals surface area contributed by atoms with E-state index in [1.807, 2.05) is 11.0 Å². The number of aromatic nitrogens is 3. The zero-order valence-electron chi connectivity index (χ0n) is 15.9. The molecule has 2 aromatic rings. The highest BCUT2D eigenvalue weighted by molar-refractivity contribution is 5.77. The predicted molar refractivity (Wildman–Crippen MR) is 104 cm³/mol. The van der Waals surface area contributed by atoms with Crippen LogP contribution in [-0.2, 0) is 11.2 Å². The summed E-state index contributed by atoms with van der Waals surface area (Å²) in [5, 5.41) is 0. The number of pyridine rings is 1. The average Bonchev–Trinajstić information content (AvgIpc) is 2.67. The molecule has 1 aliphatic heterocycles. The van der Waals surface area contributed by atoms with Crippen LogP contribution in [0.15, 0.2) is 29.3 Å². The molecule has 1 saturated heterocycles. The molecular weight excluding hydrogens is 342 g/mol. The molecule has 0 aliphatic carbocycles. The van der Waals surface area contributed by atoms with Gasteiger partial charge in [-0.3, -0.25) is 14.6 Å². The molecule has 0 spiro atoms. The van der Waals surface area contributed by atoms with Crippen molar-refractivity contribution in [3.05, 3.63) is 46.1 Å². The fourth-order valence-corrected chi connectivity index (χ4v) is 3.84. The van der Waals surface area contributed by atoms with E-state index in [1.165, 1.54) is 0 Å². The third-order valence-corrected chi connectivity index (χ3v) is 5.42. The van der Waals surface area contributed by atoms with E-state index >= 15 is 0 Å². The minimum Gasteiger partial charge on any atom is -0.338 e. The molecule has 0 bridgehead atoms. The van der Waals surface area contributed by atoms with Gasteiger partial charge in [-0.15, -0.1) is 0 Å². The lowest BCUT2D eigenvalue weighted by molar-refractivity contribution is -0.136. The maximum atomic E-state index is 12.7. The molecule has 7 nitrogen and oxygen atoms in total. The number of aromatic amines is 1. The Morgan fingerprint density at radius 2 is 2.26 bits per heavy atom. The molecule has 3 N–H and O–H groups in total. The Balaban J connectivity index is 1.73. The molecule has 2 atom stereocenters. The standard InChI is InChI=1S/C20H27N5O2/c1-13-5-4-10-25(17(13)11-21)18(26)8-7-16-14(2)23-19(24-20(16)27)15-6-3-9-22-12-15/h3,6,9,12-13,17H,4-5,7-8,10-11,21H2,1-2H3,(H,23,24,27)/t13-,17+/m0/s1. The number of carbonyl (C=O) groups excluding carboxylic acids is 1. The van der Waals surface area contributed by atoms with Crippen LogP contribution in [0.3, 0.4) is 0 Å². The number of hydrogen-bond donors (Lipinski definition) is 2. The van der Waals surface area contributed by atoms with E-state index in [0.717, 1.165) is 24.9 Å². The van der Waals surface area contributed by atoms with Gasteiger partial charge in [0.25, 0.3) is 5.56 Å². The molecule has 3 rings (SSSR count). The summed E-state index contributed by atoms with van der Waals surface area (Å²) < 4.78 is 0. The van der Waals surface area contributed by atoms with Crippen molar-refractivity contribution in [2.75, 3.05) is 13.1 Å². The van der Waals surface area contributed by atoms with Crippen LogP contribution >= 0.6 is 0 Å². The van der Waals surface area contributed by atoms with Crippen molar-refractivity contribution in [1.29, 1.82) is 0 Å². The SMILES string of the molecule is Cc1nc(-c2cccnc2)[nH]c(=O)c1CCC(=O)N1CCC[C@H](C)[C@H]1CN. The number of H-pyrrole nitrogens is 1. The van der Waals surface area contributed by atoms with Crippen molar-refractivity contribution in [2.45, 2.75) is 45.6 Å². The van der Waals surface area contributed by atoms with Crippen molar-refractivity contribution in [2.24, 2.45) is 11.7 Å². The molecule has 0 radical (unpaired) electrons. The Hall–Kier alpha value is -2.54. The first-order valence-corrected chi connectivity index (χ1v) is 9.51. The Morgan fingerprint density at radius 3 is 2.93 bits per heavy atom. The van der Waals surface area contributed by atoms with Gasteiger partial charge in [0.15, 0.2) is 0 Å². The van der Waals surface area contributed by atoms with E-state index in [-0.39, 0.29) is 17.5 Å². The van der Waals surface area contributed by atoms with Crippen LogP contribution in [0, 0.1) is 12.8 Å². The molecule has 0 unspecified atom stereocenters. The van der Waals surface area contributed by atoms with Crippen LogP contribution in [0.2, 0.25) is 0 Å². The van der Waals surface area contributed by atoms with E-state index in [4.69, 9.17) is 5.73 Å². The summed E-state index contributed by atoms with van der Waals surface area (Å²) in [5.41, 5.74) is 7.65. The lowest BCUT2D eigenvalue weighted by Gasteiger charge is -2.39. The number of hydrogen-bond acceptors (Lipinski definition) is 5. The smallest absolute Gasteiger partial charge is 0.254 e. The average molecular weight is 369 g/mol. The molecule has 3 heterocycles. The first kappa shape index (κ1) is 19.2. The van der Waals surface area contributed by atoms with Crippen LogP contribution in [0.25, 0.3) is 11.4 Å². The van der Waals surface area contributed by atoms with Gasteiger partial charge < -0.3 is 15.6 Å². The summed E-state index contributed by atoms with van der Waals surface area (Å²) >= 11 is 0. The van der Waals surface area contributed by atoms with Crippen molar-refractivity contribution < 1.29 is 4.79 Å². The molecule has 1 amide bonds. The number of amides is 1. The molecule has 27 heavy (non-hydrogen) atoms. The zero-order chi connectivity index (χ0) is 19.4. The second-order valence-corrected chi connectivity index (χ2v) is 7.23. The van der Waals surface area contributed by atoms with Gasteiger partial charge in [0.2, 0.25) is 5.91 Å². The summed E-state index contributed by atoms with van der Waals surface area (Å²) in [6.45, 7) is 5.18. The van der Waals surface area contributed by atoms with Crippen LogP contribution in [-0.4, -0.2) is 44.9 Å². The molecule has 7 heteroatoms. The van der Waals surface area contributed by atoms with E-state index in [0.29, 0.717) is 42.4 Å². The molecule has 1 aliphatic rings. The lowest BCUT2D eigenvalue weighted by Crippen LogP contribution is -2.51. The van der Waals surface area contributed by atoms with E-state index < -0.39 is 0 Å². The number of nitrogens with two attached hydrogens (primary N) is 1. The summed E-state index contributed by atoms with van der Waals surface area (Å²) in [4.78, 5) is 38.5. The molecule has 0 saturated carbocycles. The van der Waals surface area contributed by atoms with Gasteiger partial charge in [0.1, 0.15) is 5.82 Å². The maximum absolute atomic E-state index is 12.7. The third-order valence-electron chi connectivity index (χ3n) is 5.42. The second-order valence-electron chi connectivity index (χ2n) is 7.23. The highest BCUT2D eigenvalue weighted by Gasteiger charge is 2.30. The van der Waals surface area contributed by atoms with Crippen LogP contribution in [0.5, 0.6) is 0 Å². The number of carbonyl (C=O) groups is 1. The number of rotatable bonds is 5. The van der Waals surface area contributed by atoms with Crippen LogP contribution < -0.4 is 11.3 Å². The van der Waals surface area contributed by atoms with Gasteiger partial charge >= 0.3 is 0 Å². The second kappa shape index (κ2) is 8.43. The Labute approximate surface area is 159 Å². The topological polar surface area (TPSA) is 105 Å². The highest BCUT2D eigenvalue weighted by atomic mass is 16.2. The largest absolute Gasteiger partial charge is 0.338 e. The Kier molecular flexibility index (Phi) is 6.01. The highest BCUT2D eigenvalue weighted by Crippen LogP contribution is 2.23. The number of likely N-dealkylation sites (tertiary alicyclic amines) is 1. The number of aryl methyl sites for hydroxylation is 1. The summed E-state index contributed by atoms with van der Waals surface area (Å²) in [5.74, 6) is 0.971. The van der Waals surface area contributed by atoms with Gasteiger partial charge in [0, 0.05) is 54.8 Å². The normalized spacial score (nSPS) is 19.9. The number of nitrogens with zero attached hydrogens (tertiary/aromatic N) is 3. The van der Waals surface area contributed by atoms with E-state index in [9.17, 15) is 9.59 Å². The molecular formula is C20H27N5O2. The van der Waals surface area contributed by atoms with Crippen LogP contribution in [0.4, 0.5) is 0 Å². The summed E-state index contributed by atoms with van der Waals surface area (Å²) in [6.07, 6.45) is 6.11. The number of nitrogens with one attached hydrogen (secondary N) is 1. The fraction of sp³-hybridized carbons (Fsp3) is 0.500. The minimum atomic E-state index is -0.198. The monoisotopic (exact) mass is 369 g/mol. The van der Waals surface area contributed by atoms with E-state index in [1.54, 1.807) is 25.4 Å². The van der Waals surface area contributed by atoms with Gasteiger partial charge in [-0.05, 0) is 44.2 Å². The maximum Gasteiger partial charge on any atom is 0.254 e. The molecule has 2 aromatic heterocycles. The summed E-state index contributed by atoms with van der Waals surface area (Å²) in [6, 6.07) is 3.74. The van der Waals surface area contributed by atoms with Crippen molar-refractivity contribution in [3.63, 3.8) is 0 Å². The molecule has 144 valence electrons. The molecule has 0 aromatic carbocycles. The van der Waals surface area contributed by atoms with Gasteiger partial charge in [0.05, 0.1) is 0 Å². The van der Waals surface area contributed by atoms with Gasteiger partial charge in [-0.1, -0.05) is 6.92 Å². The van der Waals surface area contributed by atoms with E-state index in [2.05, 4.69) is 21.9 Å². The predicted octanol–water partition coefficient (Wildman–Crippen LogP) is 1.66. The first-order valence-electron chi connectivity index (χ1n) is 9.51. The third kappa shape index (κ3) is 4.24. The molecule has 1 fully saturated rings. The Bertz CT molecular complexity index is 849. The quantitative estimate of drug-likeness (QED) is 0.834. The zero-order valence-corrected chi connectivity index (χ0v) is 15.9. The fourth-order valence-electron chi connectivity index (χ4n) is 3.84. The minimum absolute atomic E-state index is 0.0622.